The Bertz CT molecular complexity index is 1150. The molecule has 4 rings (SSSR count). The monoisotopic (exact) mass is 548 g/mol. The van der Waals surface area contributed by atoms with Crippen molar-refractivity contribution >= 4 is 23.9 Å². The summed E-state index contributed by atoms with van der Waals surface area (Å²) in [6.07, 6.45) is -5.44. The van der Waals surface area contributed by atoms with Crippen molar-refractivity contribution in [1.82, 2.24) is 0 Å². The molecule has 8 atom stereocenters. The lowest BCUT2D eigenvalue weighted by molar-refractivity contribution is -0.348. The van der Waals surface area contributed by atoms with Gasteiger partial charge in [-0.1, -0.05) is 18.2 Å². The number of esters is 4. The first-order chi connectivity index (χ1) is 18.1. The largest absolute Gasteiger partial charge is 0.465 e. The van der Waals surface area contributed by atoms with E-state index in [9.17, 15) is 29.4 Å². The SMILES string of the molecule is CC(=O)OCC12C(OC(C)=O)CCC(C)(O)C13OC(C)(C)C(C(O)C2OC(=O)c1ccccc1)C3OC(C)=O. The zero-order valence-electron chi connectivity index (χ0n) is 23.0. The Kier molecular flexibility index (Phi) is 7.33. The van der Waals surface area contributed by atoms with E-state index in [0.717, 1.165) is 0 Å². The lowest BCUT2D eigenvalue weighted by Gasteiger charge is -2.65. The minimum Gasteiger partial charge on any atom is -0.465 e. The fourth-order valence-electron chi connectivity index (χ4n) is 7.14. The van der Waals surface area contributed by atoms with Gasteiger partial charge >= 0.3 is 23.9 Å². The molecule has 1 aliphatic heterocycles. The van der Waals surface area contributed by atoms with Gasteiger partial charge in [-0.25, -0.2) is 4.79 Å². The summed E-state index contributed by atoms with van der Waals surface area (Å²) in [4.78, 5) is 50.4. The third-order valence-electron chi connectivity index (χ3n) is 8.46. The number of aliphatic hydroxyl groups excluding tert-OH is 1. The summed E-state index contributed by atoms with van der Waals surface area (Å²) in [5.74, 6) is -3.89. The van der Waals surface area contributed by atoms with E-state index < -0.39 is 83.0 Å². The first-order valence-electron chi connectivity index (χ1n) is 12.9. The minimum absolute atomic E-state index is 0.0305. The summed E-state index contributed by atoms with van der Waals surface area (Å²) >= 11 is 0. The molecule has 11 nitrogen and oxygen atoms in total. The van der Waals surface area contributed by atoms with Crippen molar-refractivity contribution in [2.75, 3.05) is 6.61 Å². The number of carbonyl (C=O) groups excluding carboxylic acids is 4. The number of hydrogen-bond acceptors (Lipinski definition) is 11. The van der Waals surface area contributed by atoms with Crippen LogP contribution in [-0.2, 0) is 38.1 Å². The number of benzene rings is 1. The lowest BCUT2D eigenvalue weighted by Crippen LogP contribution is -2.83. The Morgan fingerprint density at radius 1 is 0.923 bits per heavy atom. The van der Waals surface area contributed by atoms with Crippen LogP contribution >= 0.6 is 0 Å². The van der Waals surface area contributed by atoms with E-state index in [1.165, 1.54) is 39.8 Å². The van der Waals surface area contributed by atoms with E-state index in [4.69, 9.17) is 23.7 Å². The van der Waals surface area contributed by atoms with E-state index in [1.807, 2.05) is 0 Å². The van der Waals surface area contributed by atoms with Gasteiger partial charge in [-0.15, -0.1) is 0 Å². The van der Waals surface area contributed by atoms with Gasteiger partial charge in [0.05, 0.1) is 22.7 Å². The average molecular weight is 549 g/mol. The summed E-state index contributed by atoms with van der Waals surface area (Å²) in [5, 5.41) is 24.0. The third-order valence-corrected chi connectivity index (χ3v) is 8.46. The molecule has 8 unspecified atom stereocenters. The van der Waals surface area contributed by atoms with E-state index in [-0.39, 0.29) is 18.4 Å². The topological polar surface area (TPSA) is 155 Å². The fourth-order valence-corrected chi connectivity index (χ4v) is 7.14. The molecule has 214 valence electrons. The summed E-state index contributed by atoms with van der Waals surface area (Å²) in [6.45, 7) is 7.77. The maximum Gasteiger partial charge on any atom is 0.338 e. The summed E-state index contributed by atoms with van der Waals surface area (Å²) in [5.41, 5.74) is -6.66. The van der Waals surface area contributed by atoms with Crippen LogP contribution in [0.15, 0.2) is 30.3 Å². The molecular formula is C28H36O11. The average Bonchev–Trinajstić information content (AvgIpc) is 3.03. The van der Waals surface area contributed by atoms with Gasteiger partial charge in [0.2, 0.25) is 0 Å². The molecule has 11 heteroatoms. The molecule has 1 spiro atoms. The molecule has 1 aromatic carbocycles. The van der Waals surface area contributed by atoms with Crippen LogP contribution in [-0.4, -0.2) is 81.9 Å². The maximum atomic E-state index is 13.4. The Balaban J connectivity index is 2.03. The van der Waals surface area contributed by atoms with Crippen molar-refractivity contribution in [3.8, 4) is 0 Å². The van der Waals surface area contributed by atoms with Crippen LogP contribution in [0.5, 0.6) is 0 Å². The van der Waals surface area contributed by atoms with Crippen LogP contribution in [0.4, 0.5) is 0 Å². The van der Waals surface area contributed by atoms with Gasteiger partial charge < -0.3 is 33.9 Å². The van der Waals surface area contributed by atoms with Gasteiger partial charge in [-0.3, -0.25) is 14.4 Å². The molecule has 3 fully saturated rings. The molecular weight excluding hydrogens is 512 g/mol. The molecule has 2 bridgehead atoms. The number of rotatable bonds is 6. The quantitative estimate of drug-likeness (QED) is 0.394. The van der Waals surface area contributed by atoms with E-state index >= 15 is 0 Å². The maximum absolute atomic E-state index is 13.4. The smallest absolute Gasteiger partial charge is 0.338 e. The number of hydrogen-bond donors (Lipinski definition) is 2. The minimum atomic E-state index is -1.94. The first-order valence-corrected chi connectivity index (χ1v) is 12.9. The Morgan fingerprint density at radius 2 is 1.54 bits per heavy atom. The second kappa shape index (κ2) is 9.87. The Hall–Kier alpha value is -3.02. The Morgan fingerprint density at radius 3 is 2.10 bits per heavy atom. The van der Waals surface area contributed by atoms with Gasteiger partial charge in [0.25, 0.3) is 0 Å². The highest BCUT2D eigenvalue weighted by Gasteiger charge is 2.86. The zero-order valence-corrected chi connectivity index (χ0v) is 23.0. The van der Waals surface area contributed by atoms with Crippen molar-refractivity contribution in [2.45, 2.75) is 95.6 Å². The highest BCUT2D eigenvalue weighted by molar-refractivity contribution is 5.89. The van der Waals surface area contributed by atoms with E-state index in [1.54, 1.807) is 32.0 Å². The molecule has 0 aromatic heterocycles. The van der Waals surface area contributed by atoms with Crippen LogP contribution in [0.3, 0.4) is 0 Å². The second-order valence-corrected chi connectivity index (χ2v) is 11.4. The van der Waals surface area contributed by atoms with Crippen molar-refractivity contribution in [3.05, 3.63) is 35.9 Å². The summed E-state index contributed by atoms with van der Waals surface area (Å²) in [6, 6.07) is 8.07. The number of aliphatic hydroxyl groups is 2. The van der Waals surface area contributed by atoms with Gasteiger partial charge in [0.15, 0.2) is 5.60 Å². The fraction of sp³-hybridized carbons (Fsp3) is 0.643. The van der Waals surface area contributed by atoms with Gasteiger partial charge in [-0.2, -0.15) is 0 Å². The van der Waals surface area contributed by atoms with Crippen molar-refractivity contribution in [2.24, 2.45) is 11.3 Å². The highest BCUT2D eigenvalue weighted by atomic mass is 16.6. The molecule has 2 saturated carbocycles. The molecule has 39 heavy (non-hydrogen) atoms. The standard InChI is InChI=1S/C28H36O11/c1-15(29)35-14-27-19(36-16(2)30)12-13-26(6,34)28(27)22(37-17(3)31)20(25(4,5)39-28)21(32)23(27)38-24(33)18-10-8-7-9-11-18/h7-11,19-23,32,34H,12-14H2,1-6H3. The Labute approximate surface area is 226 Å². The van der Waals surface area contributed by atoms with Crippen molar-refractivity contribution < 1.29 is 53.1 Å². The van der Waals surface area contributed by atoms with Crippen molar-refractivity contribution in [1.29, 1.82) is 0 Å². The van der Waals surface area contributed by atoms with Gasteiger partial charge in [0, 0.05) is 20.8 Å². The normalized spacial score (nSPS) is 38.2. The van der Waals surface area contributed by atoms with Crippen LogP contribution in [0, 0.1) is 11.3 Å². The molecule has 0 radical (unpaired) electrons. The first kappa shape index (κ1) is 29.0. The number of fused-ring (bicyclic) bond motifs is 1. The number of carbonyl (C=O) groups is 4. The summed E-state index contributed by atoms with van der Waals surface area (Å²) < 4.78 is 29.8. The van der Waals surface area contributed by atoms with Crippen LogP contribution in [0.1, 0.15) is 64.7 Å². The zero-order chi connectivity index (χ0) is 29.0. The van der Waals surface area contributed by atoms with Gasteiger partial charge in [0.1, 0.15) is 36.4 Å². The molecule has 2 N–H and O–H groups in total. The molecule has 3 aliphatic rings. The van der Waals surface area contributed by atoms with Crippen LogP contribution in [0.25, 0.3) is 0 Å². The van der Waals surface area contributed by atoms with Gasteiger partial charge in [-0.05, 0) is 45.7 Å². The van der Waals surface area contributed by atoms with E-state index in [0.29, 0.717) is 0 Å². The molecule has 2 aliphatic carbocycles. The predicted octanol–water partition coefficient (Wildman–Crippen LogP) is 1.71. The summed E-state index contributed by atoms with van der Waals surface area (Å²) in [7, 11) is 0. The number of ether oxygens (including phenoxy) is 5. The molecule has 1 heterocycles. The van der Waals surface area contributed by atoms with Crippen LogP contribution in [0.2, 0.25) is 0 Å². The second-order valence-electron chi connectivity index (χ2n) is 11.4. The molecule has 1 saturated heterocycles. The van der Waals surface area contributed by atoms with Crippen molar-refractivity contribution in [3.63, 3.8) is 0 Å². The third kappa shape index (κ3) is 4.40. The molecule has 0 amide bonds. The molecule has 1 aromatic rings. The predicted molar refractivity (Wildman–Crippen MR) is 133 cm³/mol. The lowest BCUT2D eigenvalue weighted by atomic mass is 9.46. The highest BCUT2D eigenvalue weighted by Crippen LogP contribution is 2.68. The van der Waals surface area contributed by atoms with E-state index in [2.05, 4.69) is 0 Å². The van der Waals surface area contributed by atoms with Crippen LogP contribution < -0.4 is 0 Å².